The first-order valence-corrected chi connectivity index (χ1v) is 15.9. The number of fused-ring (bicyclic) bond motifs is 4. The summed E-state index contributed by atoms with van der Waals surface area (Å²) < 4.78 is 0. The average Bonchev–Trinajstić information content (AvgIpc) is 3.17. The predicted molar refractivity (Wildman–Crippen MR) is 195 cm³/mol. The Hall–Kier alpha value is -6.59. The van der Waals surface area contributed by atoms with Crippen molar-refractivity contribution in [1.82, 2.24) is 24.9 Å². The fourth-order valence-electron chi connectivity index (χ4n) is 6.51. The summed E-state index contributed by atoms with van der Waals surface area (Å²) in [5.41, 5.74) is 13.0. The maximum absolute atomic E-state index is 5.23. The summed E-state index contributed by atoms with van der Waals surface area (Å²) in [4.78, 5) is 24.0. The molecule has 0 spiro atoms. The van der Waals surface area contributed by atoms with E-state index < -0.39 is 0 Å². The van der Waals surface area contributed by atoms with E-state index in [9.17, 15) is 0 Å². The Kier molecular flexibility index (Phi) is 6.72. The third kappa shape index (κ3) is 4.95. The predicted octanol–water partition coefficient (Wildman–Crippen LogP) is 10.5. The molecule has 48 heavy (non-hydrogen) atoms. The standard InChI is InChI=1S/C43H27N5/c1-2-12-40-35(9-1)41(31-8-7-21-44-27-31)36-19-17-30-18-20-39(47-42(30)43(36)48-40)29-15-13-28(14-16-29)32-24-33(37-10-3-5-22-45-37)26-34(25-32)38-11-4-6-23-46-38/h1-27H. The lowest BCUT2D eigenvalue weighted by molar-refractivity contribution is 1.31. The van der Waals surface area contributed by atoms with Crippen molar-refractivity contribution < 1.29 is 0 Å². The van der Waals surface area contributed by atoms with Gasteiger partial charge in [-0.05, 0) is 71.8 Å². The zero-order valence-corrected chi connectivity index (χ0v) is 25.8. The molecule has 0 aliphatic rings. The van der Waals surface area contributed by atoms with E-state index in [2.05, 4.69) is 106 Å². The van der Waals surface area contributed by atoms with Gasteiger partial charge in [0.1, 0.15) is 0 Å². The van der Waals surface area contributed by atoms with E-state index in [1.165, 1.54) is 0 Å². The number of benzene rings is 4. The van der Waals surface area contributed by atoms with Crippen molar-refractivity contribution in [3.8, 4) is 56.0 Å². The summed E-state index contributed by atoms with van der Waals surface area (Å²) >= 11 is 0. The van der Waals surface area contributed by atoms with Crippen LogP contribution in [-0.2, 0) is 0 Å². The number of rotatable bonds is 5. The lowest BCUT2D eigenvalue weighted by Crippen LogP contribution is -1.93. The van der Waals surface area contributed by atoms with E-state index in [1.54, 1.807) is 6.20 Å². The molecule has 0 radical (unpaired) electrons. The van der Waals surface area contributed by atoms with Gasteiger partial charge < -0.3 is 0 Å². The fourth-order valence-corrected chi connectivity index (χ4v) is 6.51. The lowest BCUT2D eigenvalue weighted by atomic mass is 9.95. The second-order valence-corrected chi connectivity index (χ2v) is 11.8. The lowest BCUT2D eigenvalue weighted by Gasteiger charge is -2.13. The highest BCUT2D eigenvalue weighted by Crippen LogP contribution is 2.38. The Morgan fingerprint density at radius 2 is 1.06 bits per heavy atom. The summed E-state index contributed by atoms with van der Waals surface area (Å²) in [5.74, 6) is 0. The average molecular weight is 614 g/mol. The Bertz CT molecular complexity index is 2530. The summed E-state index contributed by atoms with van der Waals surface area (Å²) in [7, 11) is 0. The molecule has 0 amide bonds. The highest BCUT2D eigenvalue weighted by Gasteiger charge is 2.15. The first kappa shape index (κ1) is 27.7. The molecule has 5 nitrogen and oxygen atoms in total. The summed E-state index contributed by atoms with van der Waals surface area (Å²) in [6.45, 7) is 0. The molecule has 0 fully saturated rings. The van der Waals surface area contributed by atoms with Crippen molar-refractivity contribution >= 4 is 32.7 Å². The molecule has 0 N–H and O–H groups in total. The molecule has 0 saturated heterocycles. The van der Waals surface area contributed by atoms with Crippen LogP contribution in [0.1, 0.15) is 0 Å². The Morgan fingerprint density at radius 1 is 0.375 bits per heavy atom. The van der Waals surface area contributed by atoms with E-state index in [0.29, 0.717) is 0 Å². The highest BCUT2D eigenvalue weighted by molar-refractivity contribution is 6.16. The van der Waals surface area contributed by atoms with E-state index >= 15 is 0 Å². The zero-order valence-electron chi connectivity index (χ0n) is 25.8. The SMILES string of the molecule is c1ccc(-c2cc(-c3ccc(-c4ccc5ccc6c(-c7cccnc7)c7ccccc7nc6c5n4)cc3)cc(-c3ccccn3)c2)nc1. The third-order valence-electron chi connectivity index (χ3n) is 8.83. The van der Waals surface area contributed by atoms with Crippen molar-refractivity contribution in [2.24, 2.45) is 0 Å². The van der Waals surface area contributed by atoms with Crippen LogP contribution >= 0.6 is 0 Å². The Labute approximate surface area is 277 Å². The van der Waals surface area contributed by atoms with Gasteiger partial charge >= 0.3 is 0 Å². The van der Waals surface area contributed by atoms with E-state index in [0.717, 1.165) is 88.7 Å². The largest absolute Gasteiger partial charge is 0.264 e. The van der Waals surface area contributed by atoms with Crippen molar-refractivity contribution in [3.63, 3.8) is 0 Å². The molecule has 9 rings (SSSR count). The molecule has 0 saturated carbocycles. The van der Waals surface area contributed by atoms with E-state index in [4.69, 9.17) is 9.97 Å². The molecule has 224 valence electrons. The molecule has 0 atom stereocenters. The summed E-state index contributed by atoms with van der Waals surface area (Å²) in [6, 6.07) is 48.1. The third-order valence-corrected chi connectivity index (χ3v) is 8.83. The van der Waals surface area contributed by atoms with Crippen LogP contribution in [0.5, 0.6) is 0 Å². The van der Waals surface area contributed by atoms with Gasteiger partial charge in [-0.1, -0.05) is 78.9 Å². The smallest absolute Gasteiger partial charge is 0.0978 e. The second-order valence-electron chi connectivity index (χ2n) is 11.8. The number of pyridine rings is 5. The number of hydrogen-bond acceptors (Lipinski definition) is 5. The van der Waals surface area contributed by atoms with Gasteiger partial charge in [0.25, 0.3) is 0 Å². The van der Waals surface area contributed by atoms with Crippen molar-refractivity contribution in [2.45, 2.75) is 0 Å². The van der Waals surface area contributed by atoms with Gasteiger partial charge in [-0.15, -0.1) is 0 Å². The zero-order chi connectivity index (χ0) is 31.9. The van der Waals surface area contributed by atoms with Crippen LogP contribution in [0, 0.1) is 0 Å². The second kappa shape index (κ2) is 11.6. The van der Waals surface area contributed by atoms with Crippen LogP contribution < -0.4 is 0 Å². The van der Waals surface area contributed by atoms with E-state index in [-0.39, 0.29) is 0 Å². The first-order chi connectivity index (χ1) is 23.8. The van der Waals surface area contributed by atoms with E-state index in [1.807, 2.05) is 67.1 Å². The Balaban J connectivity index is 1.16. The number of para-hydroxylation sites is 1. The van der Waals surface area contributed by atoms with Gasteiger partial charge in [0.05, 0.1) is 33.6 Å². The molecular weight excluding hydrogens is 587 g/mol. The molecule has 0 unspecified atom stereocenters. The first-order valence-electron chi connectivity index (χ1n) is 15.9. The number of hydrogen-bond donors (Lipinski definition) is 0. The minimum atomic E-state index is 0.882. The normalized spacial score (nSPS) is 11.3. The van der Waals surface area contributed by atoms with Crippen LogP contribution in [0.15, 0.2) is 164 Å². The molecule has 9 aromatic rings. The molecule has 5 heterocycles. The van der Waals surface area contributed by atoms with Crippen molar-refractivity contribution in [1.29, 1.82) is 0 Å². The van der Waals surface area contributed by atoms with Gasteiger partial charge in [-0.3, -0.25) is 15.0 Å². The molecule has 5 heteroatoms. The maximum atomic E-state index is 5.23. The van der Waals surface area contributed by atoms with Gasteiger partial charge in [-0.25, -0.2) is 9.97 Å². The number of aromatic nitrogens is 5. The van der Waals surface area contributed by atoms with Gasteiger partial charge in [0, 0.05) is 68.8 Å². The monoisotopic (exact) mass is 613 g/mol. The molecular formula is C43H27N5. The molecule has 0 aliphatic carbocycles. The molecule has 0 bridgehead atoms. The minimum Gasteiger partial charge on any atom is -0.264 e. The number of nitrogens with zero attached hydrogens (tertiary/aromatic N) is 5. The van der Waals surface area contributed by atoms with Crippen LogP contribution in [0.4, 0.5) is 0 Å². The molecule has 4 aromatic carbocycles. The van der Waals surface area contributed by atoms with Gasteiger partial charge in [0.15, 0.2) is 0 Å². The van der Waals surface area contributed by atoms with Crippen molar-refractivity contribution in [3.05, 3.63) is 164 Å². The quantitative estimate of drug-likeness (QED) is 0.143. The maximum Gasteiger partial charge on any atom is 0.0978 e. The molecule has 0 aliphatic heterocycles. The minimum absolute atomic E-state index is 0.882. The fraction of sp³-hybridized carbons (Fsp3) is 0. The van der Waals surface area contributed by atoms with Crippen molar-refractivity contribution in [2.75, 3.05) is 0 Å². The van der Waals surface area contributed by atoms with Crippen LogP contribution in [0.3, 0.4) is 0 Å². The molecule has 5 aromatic heterocycles. The Morgan fingerprint density at radius 3 is 1.77 bits per heavy atom. The summed E-state index contributed by atoms with van der Waals surface area (Å²) in [5, 5.41) is 3.21. The highest BCUT2D eigenvalue weighted by atomic mass is 14.8. The van der Waals surface area contributed by atoms with Gasteiger partial charge in [0.2, 0.25) is 0 Å². The van der Waals surface area contributed by atoms with Crippen LogP contribution in [-0.4, -0.2) is 24.9 Å². The van der Waals surface area contributed by atoms with Crippen LogP contribution in [0.25, 0.3) is 88.7 Å². The summed E-state index contributed by atoms with van der Waals surface area (Å²) in [6.07, 6.45) is 7.38. The topological polar surface area (TPSA) is 64.5 Å². The van der Waals surface area contributed by atoms with Crippen LogP contribution in [0.2, 0.25) is 0 Å². The van der Waals surface area contributed by atoms with Gasteiger partial charge in [-0.2, -0.15) is 0 Å².